The molecule has 2 aromatic heterocycles. The van der Waals surface area contributed by atoms with Crippen LogP contribution in [0.2, 0.25) is 0 Å². The Morgan fingerprint density at radius 1 is 1.15 bits per heavy atom. The third kappa shape index (κ3) is 7.62. The van der Waals surface area contributed by atoms with Crippen LogP contribution in [0.15, 0.2) is 42.7 Å². The molecule has 39 heavy (non-hydrogen) atoms. The highest BCUT2D eigenvalue weighted by Gasteiger charge is 2.23. The Kier molecular flexibility index (Phi) is 9.52. The summed E-state index contributed by atoms with van der Waals surface area (Å²) in [5.41, 5.74) is 3.20. The molecule has 208 valence electrons. The molecule has 0 amide bonds. The van der Waals surface area contributed by atoms with Crippen LogP contribution in [-0.4, -0.2) is 89.1 Å². The average Bonchev–Trinajstić information content (AvgIpc) is 2.97. The quantitative estimate of drug-likeness (QED) is 0.281. The average molecular weight is 535 g/mol. The number of benzene rings is 1. The monoisotopic (exact) mass is 534 g/mol. The van der Waals surface area contributed by atoms with Gasteiger partial charge in [0.25, 0.3) is 0 Å². The fraction of sp³-hybridized carbons (Fsp3) is 0.517. The van der Waals surface area contributed by atoms with Crippen molar-refractivity contribution in [1.29, 1.82) is 0 Å². The lowest BCUT2D eigenvalue weighted by Crippen LogP contribution is -2.42. The zero-order valence-corrected chi connectivity index (χ0v) is 22.3. The second-order valence-electron chi connectivity index (χ2n) is 10.2. The summed E-state index contributed by atoms with van der Waals surface area (Å²) in [6, 6.07) is 11.2. The van der Waals surface area contributed by atoms with Gasteiger partial charge in [0.15, 0.2) is 0 Å². The van der Waals surface area contributed by atoms with Crippen LogP contribution in [0.5, 0.6) is 0 Å². The second-order valence-corrected chi connectivity index (χ2v) is 10.2. The highest BCUT2D eigenvalue weighted by atomic mass is 16.6. The van der Waals surface area contributed by atoms with Crippen LogP contribution in [0.1, 0.15) is 36.9 Å². The molecule has 1 fully saturated rings. The summed E-state index contributed by atoms with van der Waals surface area (Å²) in [5, 5.41) is 17.4. The molecule has 3 N–H and O–H groups in total. The summed E-state index contributed by atoms with van der Waals surface area (Å²) in [5.74, 6) is 0.677. The number of carboxylic acid groups (broad SMARTS) is 1. The number of fused-ring (bicyclic) bond motifs is 2. The number of pyridine rings is 1. The summed E-state index contributed by atoms with van der Waals surface area (Å²) in [6.07, 6.45) is 7.06. The maximum absolute atomic E-state index is 12.2. The Bertz CT molecular complexity index is 1230. The Morgan fingerprint density at radius 2 is 2.08 bits per heavy atom. The minimum atomic E-state index is -0.901. The molecule has 10 heteroatoms. The van der Waals surface area contributed by atoms with E-state index in [1.54, 1.807) is 0 Å². The number of aromatic nitrogens is 3. The number of carboxylic acids is 1. The van der Waals surface area contributed by atoms with Crippen LogP contribution >= 0.6 is 0 Å². The van der Waals surface area contributed by atoms with E-state index >= 15 is 0 Å². The van der Waals surface area contributed by atoms with Crippen molar-refractivity contribution in [2.24, 2.45) is 0 Å². The van der Waals surface area contributed by atoms with Crippen molar-refractivity contribution in [3.8, 4) is 0 Å². The highest BCUT2D eigenvalue weighted by molar-refractivity contribution is 5.90. The summed E-state index contributed by atoms with van der Waals surface area (Å²) in [7, 11) is 0. The molecule has 2 aliphatic rings. The maximum atomic E-state index is 12.2. The van der Waals surface area contributed by atoms with Gasteiger partial charge in [-0.3, -0.25) is 0 Å². The SMILES string of the molecule is O=C(O)[C@H](CCN(CCCCc1ccc2c(n1)NCCC2)CC1COCCO1)Nc1ncnc2ccccc12. The zero-order chi connectivity index (χ0) is 26.9. The van der Waals surface area contributed by atoms with Crippen LogP contribution in [-0.2, 0) is 27.1 Å². The number of hydrogen-bond acceptors (Lipinski definition) is 9. The number of rotatable bonds is 13. The van der Waals surface area contributed by atoms with E-state index in [1.807, 2.05) is 24.3 Å². The number of nitrogens with one attached hydrogen (secondary N) is 2. The van der Waals surface area contributed by atoms with E-state index in [0.29, 0.717) is 45.1 Å². The van der Waals surface area contributed by atoms with Crippen molar-refractivity contribution in [2.75, 3.05) is 56.6 Å². The Labute approximate surface area is 229 Å². The lowest BCUT2D eigenvalue weighted by atomic mass is 10.1. The molecule has 3 aromatic rings. The van der Waals surface area contributed by atoms with Gasteiger partial charge in [0, 0.05) is 30.7 Å². The van der Waals surface area contributed by atoms with E-state index in [4.69, 9.17) is 14.5 Å². The number of nitrogens with zero attached hydrogens (tertiary/aromatic N) is 4. The topological polar surface area (TPSA) is 122 Å². The smallest absolute Gasteiger partial charge is 0.326 e. The van der Waals surface area contributed by atoms with E-state index in [9.17, 15) is 9.90 Å². The van der Waals surface area contributed by atoms with Gasteiger partial charge in [-0.05, 0) is 68.8 Å². The van der Waals surface area contributed by atoms with Gasteiger partial charge >= 0.3 is 5.97 Å². The van der Waals surface area contributed by atoms with Crippen molar-refractivity contribution >= 4 is 28.5 Å². The molecule has 1 unspecified atom stereocenters. The third-order valence-electron chi connectivity index (χ3n) is 7.34. The van der Waals surface area contributed by atoms with E-state index in [1.165, 1.54) is 11.9 Å². The molecular formula is C29H38N6O4. The standard InChI is InChI=1S/C29H38N6O4/c36-29(37)26(34-28-24-8-1-2-9-25(24)31-20-32-28)12-15-35(18-23-19-38-16-17-39-23)14-4-3-7-22-11-10-21-6-5-13-30-27(21)33-22/h1-2,8-11,20,23,26H,3-7,12-19H2,(H,30,33)(H,36,37)(H,31,32,34)/t23?,26-/m0/s1. The number of aryl methyl sites for hydroxylation is 2. The van der Waals surface area contributed by atoms with Crippen LogP contribution in [0.25, 0.3) is 10.9 Å². The molecule has 1 aromatic carbocycles. The molecular weight excluding hydrogens is 496 g/mol. The number of hydrogen-bond donors (Lipinski definition) is 3. The van der Waals surface area contributed by atoms with Gasteiger partial charge in [0.2, 0.25) is 0 Å². The molecule has 0 radical (unpaired) electrons. The maximum Gasteiger partial charge on any atom is 0.326 e. The van der Waals surface area contributed by atoms with Gasteiger partial charge in [0.05, 0.1) is 31.4 Å². The summed E-state index contributed by atoms with van der Waals surface area (Å²) < 4.78 is 11.5. The van der Waals surface area contributed by atoms with Gasteiger partial charge < -0.3 is 30.1 Å². The van der Waals surface area contributed by atoms with Gasteiger partial charge in [-0.2, -0.15) is 0 Å². The van der Waals surface area contributed by atoms with Gasteiger partial charge in [-0.15, -0.1) is 0 Å². The second kappa shape index (κ2) is 13.6. The fourth-order valence-corrected chi connectivity index (χ4v) is 5.23. The fourth-order valence-electron chi connectivity index (χ4n) is 5.23. The molecule has 0 bridgehead atoms. The number of carbonyl (C=O) groups is 1. The Hall–Kier alpha value is -3.34. The van der Waals surface area contributed by atoms with Gasteiger partial charge in [-0.25, -0.2) is 19.7 Å². The third-order valence-corrected chi connectivity index (χ3v) is 7.34. The minimum absolute atomic E-state index is 0.00539. The van der Waals surface area contributed by atoms with Crippen LogP contribution in [0, 0.1) is 0 Å². The Balaban J connectivity index is 1.17. The molecule has 0 aliphatic carbocycles. The highest BCUT2D eigenvalue weighted by Crippen LogP contribution is 2.21. The Morgan fingerprint density at radius 3 is 2.95 bits per heavy atom. The summed E-state index contributed by atoms with van der Waals surface area (Å²) >= 11 is 0. The number of ether oxygens (including phenoxy) is 2. The summed E-state index contributed by atoms with van der Waals surface area (Å²) in [6.45, 7) is 4.96. The number of para-hydroxylation sites is 1. The predicted molar refractivity (Wildman–Crippen MR) is 150 cm³/mol. The number of anilines is 2. The van der Waals surface area contributed by atoms with Crippen molar-refractivity contribution < 1.29 is 19.4 Å². The van der Waals surface area contributed by atoms with Gasteiger partial charge in [-0.1, -0.05) is 18.2 Å². The molecule has 1 saturated heterocycles. The van der Waals surface area contributed by atoms with Crippen LogP contribution in [0.3, 0.4) is 0 Å². The van der Waals surface area contributed by atoms with Gasteiger partial charge in [0.1, 0.15) is 24.0 Å². The lowest BCUT2D eigenvalue weighted by molar-refractivity contribution is -0.138. The zero-order valence-electron chi connectivity index (χ0n) is 22.3. The molecule has 10 nitrogen and oxygen atoms in total. The first-order valence-electron chi connectivity index (χ1n) is 14.0. The predicted octanol–water partition coefficient (Wildman–Crippen LogP) is 3.38. The van der Waals surface area contributed by atoms with E-state index < -0.39 is 12.0 Å². The molecule has 0 saturated carbocycles. The summed E-state index contributed by atoms with van der Waals surface area (Å²) in [4.78, 5) is 27.9. The first-order chi connectivity index (χ1) is 19.2. The minimum Gasteiger partial charge on any atom is -0.480 e. The van der Waals surface area contributed by atoms with E-state index in [0.717, 1.165) is 67.6 Å². The van der Waals surface area contributed by atoms with E-state index in [-0.39, 0.29) is 6.10 Å². The molecule has 2 atom stereocenters. The van der Waals surface area contributed by atoms with Crippen molar-refractivity contribution in [3.05, 3.63) is 54.0 Å². The first kappa shape index (κ1) is 27.2. The molecule has 5 rings (SSSR count). The van der Waals surface area contributed by atoms with Crippen LogP contribution in [0.4, 0.5) is 11.6 Å². The van der Waals surface area contributed by atoms with Crippen molar-refractivity contribution in [2.45, 2.75) is 50.7 Å². The van der Waals surface area contributed by atoms with E-state index in [2.05, 4.69) is 37.6 Å². The first-order valence-corrected chi connectivity index (χ1v) is 14.0. The number of unbranched alkanes of at least 4 members (excludes halogenated alkanes) is 1. The molecule has 4 heterocycles. The molecule has 2 aliphatic heterocycles. The van der Waals surface area contributed by atoms with Crippen molar-refractivity contribution in [3.63, 3.8) is 0 Å². The van der Waals surface area contributed by atoms with Crippen LogP contribution < -0.4 is 10.6 Å². The number of aliphatic carboxylic acids is 1. The normalized spacial score (nSPS) is 17.9. The largest absolute Gasteiger partial charge is 0.480 e. The van der Waals surface area contributed by atoms with Crippen molar-refractivity contribution in [1.82, 2.24) is 19.9 Å². The molecule has 0 spiro atoms. The lowest BCUT2D eigenvalue weighted by Gasteiger charge is -2.30.